The molecule has 0 spiro atoms. The summed E-state index contributed by atoms with van der Waals surface area (Å²) in [6, 6.07) is 34.6. The quantitative estimate of drug-likeness (QED) is 0.167. The van der Waals surface area contributed by atoms with Crippen molar-refractivity contribution in [1.82, 2.24) is 0 Å². The van der Waals surface area contributed by atoms with E-state index in [0.717, 1.165) is 19.3 Å². The Morgan fingerprint density at radius 3 is 1.42 bits per heavy atom. The van der Waals surface area contributed by atoms with Gasteiger partial charge in [0.1, 0.15) is 0 Å². The van der Waals surface area contributed by atoms with Gasteiger partial charge in [0.2, 0.25) is 0 Å². The summed E-state index contributed by atoms with van der Waals surface area (Å²) in [6.07, 6.45) is 15.6. The molecule has 3 heteroatoms. The Balaban J connectivity index is 0.00000281. The molecular formula is C47H56Cl2Zr. The first-order valence-corrected chi connectivity index (χ1v) is 22.5. The predicted molar refractivity (Wildman–Crippen MR) is 206 cm³/mol. The van der Waals surface area contributed by atoms with E-state index in [2.05, 4.69) is 159 Å². The van der Waals surface area contributed by atoms with Gasteiger partial charge >= 0.3 is 301 Å². The van der Waals surface area contributed by atoms with Crippen LogP contribution >= 0.6 is 0 Å². The molecule has 0 amide bonds. The molecule has 0 bridgehead atoms. The van der Waals surface area contributed by atoms with Gasteiger partial charge in [0.15, 0.2) is 0 Å². The van der Waals surface area contributed by atoms with Crippen molar-refractivity contribution in [1.29, 1.82) is 0 Å². The van der Waals surface area contributed by atoms with Crippen LogP contribution in [0.4, 0.5) is 0 Å². The molecule has 0 heterocycles. The number of aryl methyl sites for hydroxylation is 2. The molecule has 2 aliphatic carbocycles. The van der Waals surface area contributed by atoms with Gasteiger partial charge in [-0.05, 0) is 0 Å². The number of allylic oxidation sites excluding steroid dienone is 4. The molecule has 0 radical (unpaired) electrons. The number of fused-ring (bicyclic) bond motifs is 3. The number of hydrogen-bond donors (Lipinski definition) is 0. The van der Waals surface area contributed by atoms with Crippen molar-refractivity contribution in [3.8, 4) is 11.1 Å². The smallest absolute Gasteiger partial charge is 1.00 e. The van der Waals surface area contributed by atoms with E-state index in [1.54, 1.807) is 17.6 Å². The molecule has 0 aromatic heterocycles. The van der Waals surface area contributed by atoms with Crippen molar-refractivity contribution >= 4 is 3.21 Å². The number of unbranched alkanes of at least 4 members (excludes halogenated alkanes) is 2. The zero-order valence-corrected chi connectivity index (χ0v) is 35.6. The van der Waals surface area contributed by atoms with Crippen LogP contribution in [-0.4, -0.2) is 3.21 Å². The average Bonchev–Trinajstić information content (AvgIpc) is 3.71. The van der Waals surface area contributed by atoms with Gasteiger partial charge in [-0.3, -0.25) is 0 Å². The van der Waals surface area contributed by atoms with Crippen molar-refractivity contribution in [2.45, 2.75) is 115 Å². The summed E-state index contributed by atoms with van der Waals surface area (Å²) in [7, 11) is 0. The molecule has 0 N–H and O–H groups in total. The fourth-order valence-corrected chi connectivity index (χ4v) is 16.6. The maximum Gasteiger partial charge on any atom is -1.00 e. The molecule has 0 saturated carbocycles. The first-order chi connectivity index (χ1) is 23.0. The van der Waals surface area contributed by atoms with Gasteiger partial charge in [-0.15, -0.1) is 0 Å². The monoisotopic (exact) mass is 780 g/mol. The molecule has 2 aliphatic rings. The molecule has 0 nitrogen and oxygen atoms in total. The summed E-state index contributed by atoms with van der Waals surface area (Å²) in [5.74, 6) is 0. The van der Waals surface area contributed by atoms with Crippen molar-refractivity contribution in [2.75, 3.05) is 0 Å². The average molecular weight is 783 g/mol. The third-order valence-corrected chi connectivity index (χ3v) is 18.9. The standard InChI is InChI=1S/C21H25.C21H26.C5H5.2ClH.Zr/c1-20(2,3)16-9-7-14-11-15-8-10-17(21(4,5)6)13-19(15)18(14)12-16;1-3-5-7-18-9-13-20(14-10-18)17-21-15-11-19(12-16-21)8-6-4-2;1-2-4-5-3-1;;;/h7-13H,1-6H3;9-16H,3-8H2,1-2H3;1-3H,4H2;2*1H;/q;;;;;+2/p-2. The van der Waals surface area contributed by atoms with E-state index >= 15 is 0 Å². The molecule has 0 aliphatic heterocycles. The second-order valence-electron chi connectivity index (χ2n) is 16.3. The van der Waals surface area contributed by atoms with Gasteiger partial charge in [0.05, 0.1) is 0 Å². The van der Waals surface area contributed by atoms with Crippen LogP contribution in [0.5, 0.6) is 0 Å². The first kappa shape index (κ1) is 40.5. The van der Waals surface area contributed by atoms with Crippen LogP contribution in [0.2, 0.25) is 0 Å². The molecule has 0 unspecified atom stereocenters. The Morgan fingerprint density at radius 2 is 1.06 bits per heavy atom. The largest absolute Gasteiger partial charge is 1.00 e. The van der Waals surface area contributed by atoms with E-state index in [1.807, 2.05) is 0 Å². The summed E-state index contributed by atoms with van der Waals surface area (Å²) >= 11 is -2.72. The number of hydrogen-bond acceptors (Lipinski definition) is 0. The maximum absolute atomic E-state index is 2.72. The summed E-state index contributed by atoms with van der Waals surface area (Å²) in [5.41, 5.74) is 14.9. The Bertz CT molecular complexity index is 1740. The predicted octanol–water partition coefficient (Wildman–Crippen LogP) is 6.78. The summed E-state index contributed by atoms with van der Waals surface area (Å²) < 4.78 is 3.79. The zero-order valence-electron chi connectivity index (χ0n) is 31.6. The van der Waals surface area contributed by atoms with Crippen LogP contribution in [0, 0.1) is 0 Å². The van der Waals surface area contributed by atoms with E-state index in [9.17, 15) is 0 Å². The fraction of sp³-hybridized carbons (Fsp3) is 0.383. The minimum atomic E-state index is -2.72. The summed E-state index contributed by atoms with van der Waals surface area (Å²) in [5, 5.41) is 0. The molecule has 50 heavy (non-hydrogen) atoms. The SMILES string of the molecule is CCCCc1ccc([C](c2ccc(CCCC)cc2)=[Zr+2]([C]2=CC=CC2)[CH]2c3ccc(C(C)(C)C)cc3-c3cc(C(C)(C)C)ccc32)cc1.[Cl-].[Cl-]. The molecule has 0 fully saturated rings. The van der Waals surface area contributed by atoms with Crippen molar-refractivity contribution < 1.29 is 46.1 Å². The fourth-order valence-electron chi connectivity index (χ4n) is 7.55. The number of halogens is 2. The van der Waals surface area contributed by atoms with E-state index < -0.39 is 21.3 Å². The first-order valence-electron chi connectivity index (χ1n) is 18.6. The van der Waals surface area contributed by atoms with Gasteiger partial charge in [0.25, 0.3) is 0 Å². The van der Waals surface area contributed by atoms with Crippen molar-refractivity contribution in [3.05, 3.63) is 151 Å². The Kier molecular flexibility index (Phi) is 13.8. The molecule has 262 valence electrons. The molecule has 6 rings (SSSR count). The molecule has 4 aromatic carbocycles. The normalized spacial score (nSPS) is 13.5. The van der Waals surface area contributed by atoms with Gasteiger partial charge in [0, 0.05) is 0 Å². The molecule has 4 aromatic rings. The van der Waals surface area contributed by atoms with Crippen LogP contribution < -0.4 is 24.8 Å². The Labute approximate surface area is 323 Å². The number of benzene rings is 4. The van der Waals surface area contributed by atoms with Crippen LogP contribution in [-0.2, 0) is 44.9 Å². The van der Waals surface area contributed by atoms with Gasteiger partial charge in [-0.1, -0.05) is 0 Å². The summed E-state index contributed by atoms with van der Waals surface area (Å²) in [4.78, 5) is 0. The van der Waals surface area contributed by atoms with Crippen LogP contribution in [0.1, 0.15) is 136 Å². The Hall–Kier alpha value is -2.31. The topological polar surface area (TPSA) is 0 Å². The van der Waals surface area contributed by atoms with Crippen LogP contribution in [0.15, 0.2) is 106 Å². The maximum atomic E-state index is 2.55. The second kappa shape index (κ2) is 17.0. The van der Waals surface area contributed by atoms with E-state index in [-0.39, 0.29) is 35.6 Å². The molecular weight excluding hydrogens is 727 g/mol. The number of rotatable bonds is 10. The van der Waals surface area contributed by atoms with Crippen LogP contribution in [0.3, 0.4) is 0 Å². The minimum Gasteiger partial charge on any atom is -1.00 e. The summed E-state index contributed by atoms with van der Waals surface area (Å²) in [6.45, 7) is 18.7. The third kappa shape index (κ3) is 8.65. The second-order valence-corrected chi connectivity index (χ2v) is 22.5. The van der Waals surface area contributed by atoms with Crippen LogP contribution in [0.25, 0.3) is 11.1 Å². The van der Waals surface area contributed by atoms with E-state index in [1.165, 1.54) is 70.2 Å². The third-order valence-electron chi connectivity index (χ3n) is 10.5. The van der Waals surface area contributed by atoms with Gasteiger partial charge in [-0.25, -0.2) is 0 Å². The van der Waals surface area contributed by atoms with Crippen molar-refractivity contribution in [3.63, 3.8) is 0 Å². The minimum absolute atomic E-state index is 0. The van der Waals surface area contributed by atoms with E-state index in [0.29, 0.717) is 3.63 Å². The zero-order chi connectivity index (χ0) is 34.1. The molecule has 0 atom stereocenters. The van der Waals surface area contributed by atoms with Gasteiger partial charge < -0.3 is 24.8 Å². The molecule has 0 saturated heterocycles. The van der Waals surface area contributed by atoms with Gasteiger partial charge in [-0.2, -0.15) is 0 Å². The Morgan fingerprint density at radius 1 is 0.620 bits per heavy atom. The van der Waals surface area contributed by atoms with Crippen molar-refractivity contribution in [2.24, 2.45) is 0 Å². The van der Waals surface area contributed by atoms with E-state index in [4.69, 9.17) is 0 Å².